The number of hydrogen-bond donors (Lipinski definition) is 2. The molecule has 1 aromatic heterocycles. The van der Waals surface area contributed by atoms with Gasteiger partial charge in [-0.1, -0.05) is 42.5 Å². The lowest BCUT2D eigenvalue weighted by atomic mass is 10.0. The third-order valence-electron chi connectivity index (χ3n) is 4.98. The van der Waals surface area contributed by atoms with Crippen molar-refractivity contribution in [3.8, 4) is 11.5 Å². The number of amides is 1. The van der Waals surface area contributed by atoms with Crippen LogP contribution >= 0.6 is 0 Å². The Balaban J connectivity index is 1.46. The molecule has 2 aromatic carbocycles. The van der Waals surface area contributed by atoms with Crippen molar-refractivity contribution in [2.24, 2.45) is 0 Å². The van der Waals surface area contributed by atoms with Crippen molar-refractivity contribution in [1.82, 2.24) is 10.3 Å². The van der Waals surface area contributed by atoms with Gasteiger partial charge in [0.1, 0.15) is 5.76 Å². The second-order valence-electron chi connectivity index (χ2n) is 7.43. The Morgan fingerprint density at radius 2 is 1.88 bits per heavy atom. The van der Waals surface area contributed by atoms with Gasteiger partial charge in [0.2, 0.25) is 5.89 Å². The Labute approximate surface area is 192 Å². The van der Waals surface area contributed by atoms with Gasteiger partial charge in [0.05, 0.1) is 12.3 Å². The lowest BCUT2D eigenvalue weighted by Crippen LogP contribution is -2.26. The summed E-state index contributed by atoms with van der Waals surface area (Å²) in [5, 5.41) is 12.0. The number of benzene rings is 2. The summed E-state index contributed by atoms with van der Waals surface area (Å²) in [4.78, 5) is 27.9. The molecule has 174 valence electrons. The van der Waals surface area contributed by atoms with Gasteiger partial charge in [-0.3, -0.25) is 0 Å². The number of carboxylic acids is 1. The Morgan fingerprint density at radius 3 is 2.61 bits per heavy atom. The third kappa shape index (κ3) is 7.18. The van der Waals surface area contributed by atoms with Crippen LogP contribution in [-0.4, -0.2) is 41.5 Å². The van der Waals surface area contributed by atoms with Gasteiger partial charge in [0, 0.05) is 31.6 Å². The number of aliphatic carboxylic acids is 1. The summed E-state index contributed by atoms with van der Waals surface area (Å²) in [6, 6.07) is 17.0. The minimum atomic E-state index is -0.998. The number of oxazole rings is 1. The molecule has 33 heavy (non-hydrogen) atoms. The smallest absolute Gasteiger partial charge is 0.407 e. The number of ether oxygens (including phenoxy) is 2. The van der Waals surface area contributed by atoms with E-state index in [4.69, 9.17) is 13.9 Å². The molecule has 0 spiro atoms. The average molecular weight is 453 g/mol. The van der Waals surface area contributed by atoms with E-state index in [2.05, 4.69) is 10.3 Å². The van der Waals surface area contributed by atoms with Gasteiger partial charge in [0.25, 0.3) is 0 Å². The highest BCUT2D eigenvalue weighted by molar-refractivity contribution is 5.72. The lowest BCUT2D eigenvalue weighted by Gasteiger charge is -2.13. The molecule has 2 N–H and O–H groups in total. The van der Waals surface area contributed by atoms with E-state index in [0.717, 1.165) is 22.4 Å². The van der Waals surface area contributed by atoms with Crippen molar-refractivity contribution in [2.75, 3.05) is 13.2 Å². The van der Waals surface area contributed by atoms with Crippen LogP contribution in [0.1, 0.15) is 29.5 Å². The first-order chi connectivity index (χ1) is 16.0. The fourth-order valence-corrected chi connectivity index (χ4v) is 3.33. The van der Waals surface area contributed by atoms with Crippen molar-refractivity contribution in [3.05, 3.63) is 77.2 Å². The van der Waals surface area contributed by atoms with Crippen LogP contribution in [0.2, 0.25) is 0 Å². The second-order valence-corrected chi connectivity index (χ2v) is 7.43. The van der Waals surface area contributed by atoms with Gasteiger partial charge >= 0.3 is 12.1 Å². The Bertz CT molecular complexity index is 1060. The molecule has 3 rings (SSSR count). The maximum absolute atomic E-state index is 12.1. The number of carbonyl (C=O) groups is 2. The topological polar surface area (TPSA) is 111 Å². The molecule has 1 unspecified atom stereocenters. The lowest BCUT2D eigenvalue weighted by molar-refractivity contribution is -0.149. The van der Waals surface area contributed by atoms with E-state index in [-0.39, 0.29) is 19.6 Å². The second kappa shape index (κ2) is 11.8. The van der Waals surface area contributed by atoms with Crippen LogP contribution in [-0.2, 0) is 33.7 Å². The number of carboxylic acid groups (broad SMARTS) is 1. The highest BCUT2D eigenvalue weighted by Crippen LogP contribution is 2.21. The monoisotopic (exact) mass is 452 g/mol. The first-order valence-corrected chi connectivity index (χ1v) is 10.8. The standard InChI is InChI=1S/C25H28N2O6/c1-3-31-22(24(28)29)15-18-8-7-9-19(14-18)16-26-25(30)32-13-12-21-17(2)33-23(27-21)20-10-5-4-6-11-20/h4-11,14,22H,3,12-13,15-16H2,1-2H3,(H,26,30)(H,28,29). The quantitative estimate of drug-likeness (QED) is 0.450. The Morgan fingerprint density at radius 1 is 1.12 bits per heavy atom. The van der Waals surface area contributed by atoms with E-state index in [0.29, 0.717) is 24.7 Å². The van der Waals surface area contributed by atoms with E-state index in [1.807, 2.05) is 61.5 Å². The molecule has 1 amide bonds. The molecule has 1 atom stereocenters. The van der Waals surface area contributed by atoms with Crippen molar-refractivity contribution in [1.29, 1.82) is 0 Å². The van der Waals surface area contributed by atoms with Crippen molar-refractivity contribution in [2.45, 2.75) is 39.3 Å². The number of nitrogens with zero attached hydrogens (tertiary/aromatic N) is 1. The number of alkyl carbamates (subject to hydrolysis) is 1. The molecule has 0 aliphatic carbocycles. The van der Waals surface area contributed by atoms with E-state index in [1.54, 1.807) is 6.92 Å². The van der Waals surface area contributed by atoms with Crippen LogP contribution in [0.4, 0.5) is 4.79 Å². The molecule has 0 radical (unpaired) electrons. The van der Waals surface area contributed by atoms with Crippen LogP contribution in [0.15, 0.2) is 59.0 Å². The minimum absolute atomic E-state index is 0.169. The predicted molar refractivity (Wildman–Crippen MR) is 122 cm³/mol. The third-order valence-corrected chi connectivity index (χ3v) is 4.98. The van der Waals surface area contributed by atoms with E-state index in [9.17, 15) is 14.7 Å². The van der Waals surface area contributed by atoms with Gasteiger partial charge in [-0.15, -0.1) is 0 Å². The molecule has 0 bridgehead atoms. The van der Waals surface area contributed by atoms with Crippen molar-refractivity contribution < 1.29 is 28.6 Å². The zero-order valence-electron chi connectivity index (χ0n) is 18.7. The number of nitrogens with one attached hydrogen (secondary N) is 1. The molecule has 0 saturated carbocycles. The molecule has 1 heterocycles. The first-order valence-electron chi connectivity index (χ1n) is 10.8. The van der Waals surface area contributed by atoms with E-state index < -0.39 is 18.2 Å². The number of aromatic nitrogens is 1. The first kappa shape index (κ1) is 24.0. The summed E-state index contributed by atoms with van der Waals surface area (Å²) in [7, 11) is 0. The van der Waals surface area contributed by atoms with Gasteiger partial charge in [0.15, 0.2) is 6.10 Å². The van der Waals surface area contributed by atoms with Gasteiger partial charge in [-0.2, -0.15) is 0 Å². The summed E-state index contributed by atoms with van der Waals surface area (Å²) < 4.78 is 16.2. The van der Waals surface area contributed by atoms with Crippen LogP contribution in [0, 0.1) is 6.92 Å². The Hall–Kier alpha value is -3.65. The maximum atomic E-state index is 12.1. The molecule has 0 aliphatic rings. The summed E-state index contributed by atoms with van der Waals surface area (Å²) in [6.45, 7) is 4.35. The highest BCUT2D eigenvalue weighted by atomic mass is 16.5. The normalized spacial score (nSPS) is 11.7. The summed E-state index contributed by atoms with van der Waals surface area (Å²) in [5.74, 6) is 0.241. The van der Waals surface area contributed by atoms with Gasteiger partial charge < -0.3 is 24.3 Å². The fraction of sp³-hybridized carbons (Fsp3) is 0.320. The van der Waals surface area contributed by atoms with Crippen LogP contribution < -0.4 is 5.32 Å². The summed E-state index contributed by atoms with van der Waals surface area (Å²) in [6.07, 6.45) is -0.740. The maximum Gasteiger partial charge on any atom is 0.407 e. The molecule has 0 aliphatic heterocycles. The van der Waals surface area contributed by atoms with Crippen molar-refractivity contribution in [3.63, 3.8) is 0 Å². The van der Waals surface area contributed by atoms with Gasteiger partial charge in [-0.25, -0.2) is 14.6 Å². The zero-order chi connectivity index (χ0) is 23.6. The molecule has 0 fully saturated rings. The molecular weight excluding hydrogens is 424 g/mol. The van der Waals surface area contributed by atoms with E-state index in [1.165, 1.54) is 0 Å². The molecule has 8 nitrogen and oxygen atoms in total. The number of hydrogen-bond acceptors (Lipinski definition) is 6. The summed E-state index contributed by atoms with van der Waals surface area (Å²) in [5.41, 5.74) is 3.30. The fourth-order valence-electron chi connectivity index (χ4n) is 3.33. The molecule has 3 aromatic rings. The van der Waals surface area contributed by atoms with Crippen LogP contribution in [0.3, 0.4) is 0 Å². The van der Waals surface area contributed by atoms with Crippen LogP contribution in [0.25, 0.3) is 11.5 Å². The zero-order valence-corrected chi connectivity index (χ0v) is 18.7. The number of carbonyl (C=O) groups excluding carboxylic acids is 1. The number of rotatable bonds is 11. The van der Waals surface area contributed by atoms with Crippen molar-refractivity contribution >= 4 is 12.1 Å². The minimum Gasteiger partial charge on any atom is -0.479 e. The summed E-state index contributed by atoms with van der Waals surface area (Å²) >= 11 is 0. The van der Waals surface area contributed by atoms with E-state index >= 15 is 0 Å². The highest BCUT2D eigenvalue weighted by Gasteiger charge is 2.18. The largest absolute Gasteiger partial charge is 0.479 e. The average Bonchev–Trinajstić information content (AvgIpc) is 3.18. The molecular formula is C25H28N2O6. The van der Waals surface area contributed by atoms with Crippen LogP contribution in [0.5, 0.6) is 0 Å². The molecule has 0 saturated heterocycles. The Kier molecular flexibility index (Phi) is 8.60. The predicted octanol–water partition coefficient (Wildman–Crippen LogP) is 4.15. The SMILES string of the molecule is CCOC(Cc1cccc(CNC(=O)OCCc2nc(-c3ccccc3)oc2C)c1)C(=O)O. The molecule has 8 heteroatoms. The number of aryl methyl sites for hydroxylation is 1. The van der Waals surface area contributed by atoms with Gasteiger partial charge in [-0.05, 0) is 37.1 Å².